The summed E-state index contributed by atoms with van der Waals surface area (Å²) in [6.07, 6.45) is 2.22. The molecule has 0 unspecified atom stereocenters. The number of amides is 3. The molecule has 0 saturated heterocycles. The van der Waals surface area contributed by atoms with Crippen molar-refractivity contribution in [3.05, 3.63) is 54.1 Å². The van der Waals surface area contributed by atoms with Crippen LogP contribution >= 0.6 is 0 Å². The second-order valence-electron chi connectivity index (χ2n) is 7.01. The van der Waals surface area contributed by atoms with Crippen molar-refractivity contribution in [1.29, 1.82) is 0 Å². The predicted octanol–water partition coefficient (Wildman–Crippen LogP) is 4.94. The number of ketones is 1. The topological polar surface area (TPSA) is 104 Å². The zero-order valence-electron chi connectivity index (χ0n) is 19.3. The monoisotopic (exact) mass is 439 g/mol. The van der Waals surface area contributed by atoms with Gasteiger partial charge in [0.25, 0.3) is 0 Å². The van der Waals surface area contributed by atoms with Crippen LogP contribution in [0.4, 0.5) is 17.1 Å². The Morgan fingerprint density at radius 3 is 1.62 bits per heavy atom. The lowest BCUT2D eigenvalue weighted by Crippen LogP contribution is -2.12. The van der Waals surface area contributed by atoms with E-state index in [1.165, 1.54) is 0 Å². The van der Waals surface area contributed by atoms with Crippen LogP contribution in [-0.4, -0.2) is 23.5 Å². The Labute approximate surface area is 190 Å². The maximum Gasteiger partial charge on any atom is 0.224 e. The number of carbonyl (C=O) groups excluding carboxylic acids is 4. The molecule has 2 aromatic rings. The fraction of sp³-hybridized carbons (Fsp3) is 0.360. The van der Waals surface area contributed by atoms with E-state index >= 15 is 0 Å². The fourth-order valence-corrected chi connectivity index (χ4v) is 2.55. The van der Waals surface area contributed by atoms with E-state index in [1.54, 1.807) is 45.0 Å². The van der Waals surface area contributed by atoms with Crippen LogP contribution in [-0.2, 0) is 25.6 Å². The average Bonchev–Trinajstić information content (AvgIpc) is 2.80. The number of anilines is 3. The van der Waals surface area contributed by atoms with Gasteiger partial charge in [-0.25, -0.2) is 0 Å². The van der Waals surface area contributed by atoms with Crippen LogP contribution in [0.3, 0.4) is 0 Å². The van der Waals surface area contributed by atoms with Gasteiger partial charge >= 0.3 is 0 Å². The Morgan fingerprint density at radius 1 is 0.625 bits per heavy atom. The number of hydrogen-bond donors (Lipinski definition) is 3. The van der Waals surface area contributed by atoms with Crippen molar-refractivity contribution in [1.82, 2.24) is 0 Å². The van der Waals surface area contributed by atoms with Gasteiger partial charge < -0.3 is 16.0 Å². The number of benzene rings is 2. The quantitative estimate of drug-likeness (QED) is 0.515. The maximum absolute atomic E-state index is 11.4. The molecule has 32 heavy (non-hydrogen) atoms. The van der Waals surface area contributed by atoms with Gasteiger partial charge in [0, 0.05) is 49.2 Å². The molecule has 7 heteroatoms. The zero-order chi connectivity index (χ0) is 23.9. The smallest absolute Gasteiger partial charge is 0.224 e. The molecule has 0 radical (unpaired) electrons. The first-order valence-corrected chi connectivity index (χ1v) is 10.9. The number of rotatable bonds is 9. The van der Waals surface area contributed by atoms with Crippen LogP contribution in [0.5, 0.6) is 0 Å². The lowest BCUT2D eigenvalue weighted by atomic mass is 10.1. The highest BCUT2D eigenvalue weighted by Crippen LogP contribution is 2.17. The molecule has 0 atom stereocenters. The number of Topliss-reactive ketones (excluding diaryl/α,β-unsaturated/α-hetero) is 1. The van der Waals surface area contributed by atoms with E-state index in [1.807, 2.05) is 31.2 Å². The Morgan fingerprint density at radius 2 is 1.12 bits per heavy atom. The van der Waals surface area contributed by atoms with Gasteiger partial charge in [0.1, 0.15) is 5.78 Å². The molecule has 3 N–H and O–H groups in total. The summed E-state index contributed by atoms with van der Waals surface area (Å²) in [5.74, 6) is 0.0625. The van der Waals surface area contributed by atoms with Gasteiger partial charge in [0.2, 0.25) is 17.7 Å². The molecule has 0 aliphatic carbocycles. The molecule has 0 aliphatic rings. The predicted molar refractivity (Wildman–Crippen MR) is 129 cm³/mol. The third-order valence-electron chi connectivity index (χ3n) is 4.47. The van der Waals surface area contributed by atoms with Gasteiger partial charge in [-0.2, -0.15) is 0 Å². The molecule has 172 valence electrons. The lowest BCUT2D eigenvalue weighted by Gasteiger charge is -2.09. The Hall–Kier alpha value is -3.48. The first-order valence-electron chi connectivity index (χ1n) is 10.9. The minimum atomic E-state index is -0.0426. The van der Waals surface area contributed by atoms with Crippen LogP contribution in [0.2, 0.25) is 0 Å². The number of para-hydroxylation sites is 1. The van der Waals surface area contributed by atoms with Gasteiger partial charge in [0.05, 0.1) is 0 Å². The summed E-state index contributed by atoms with van der Waals surface area (Å²) in [7, 11) is 0. The van der Waals surface area contributed by atoms with Crippen LogP contribution in [0.15, 0.2) is 48.5 Å². The summed E-state index contributed by atoms with van der Waals surface area (Å²) in [5.41, 5.74) is 3.02. The van der Waals surface area contributed by atoms with E-state index in [-0.39, 0.29) is 23.5 Å². The van der Waals surface area contributed by atoms with Crippen molar-refractivity contribution < 1.29 is 19.2 Å². The highest BCUT2D eigenvalue weighted by molar-refractivity contribution is 5.94. The molecule has 0 fully saturated rings. The van der Waals surface area contributed by atoms with Crippen molar-refractivity contribution in [2.45, 2.75) is 59.8 Å². The van der Waals surface area contributed by atoms with Crippen LogP contribution in [0.1, 0.15) is 58.9 Å². The summed E-state index contributed by atoms with van der Waals surface area (Å²) in [4.78, 5) is 45.0. The summed E-state index contributed by atoms with van der Waals surface area (Å²) in [6, 6.07) is 14.5. The zero-order valence-corrected chi connectivity index (χ0v) is 19.3. The molecular weight excluding hydrogens is 406 g/mol. The van der Waals surface area contributed by atoms with Gasteiger partial charge in [-0.1, -0.05) is 52.0 Å². The molecule has 0 heterocycles. The van der Waals surface area contributed by atoms with Crippen molar-refractivity contribution in [2.75, 3.05) is 16.0 Å². The Bertz CT molecular complexity index is 855. The number of hydrogen-bond acceptors (Lipinski definition) is 4. The van der Waals surface area contributed by atoms with Crippen molar-refractivity contribution in [2.24, 2.45) is 0 Å². The average molecular weight is 440 g/mol. The van der Waals surface area contributed by atoms with E-state index in [0.29, 0.717) is 43.5 Å². The third-order valence-corrected chi connectivity index (χ3v) is 4.47. The van der Waals surface area contributed by atoms with E-state index in [4.69, 9.17) is 0 Å². The van der Waals surface area contributed by atoms with Crippen LogP contribution in [0.25, 0.3) is 0 Å². The largest absolute Gasteiger partial charge is 0.326 e. The van der Waals surface area contributed by atoms with E-state index < -0.39 is 0 Å². The standard InChI is InChI=1S/C13H17NO2.C12H16N2O2/c1-3-11(15)9-10-7-5-6-8-12(10)14-13(16)4-2;1-3-11(15)13-9-6-5-7-10(8-9)14-12(16)4-2/h5-8H,3-4,9H2,1-2H3,(H,14,16);5-8H,3-4H2,1-2H3,(H,13,15)(H,14,16). The molecule has 0 aliphatic heterocycles. The summed E-state index contributed by atoms with van der Waals surface area (Å²) in [6.45, 7) is 7.22. The molecule has 2 aromatic carbocycles. The van der Waals surface area contributed by atoms with Crippen LogP contribution in [0, 0.1) is 0 Å². The summed E-state index contributed by atoms with van der Waals surface area (Å²) < 4.78 is 0. The molecule has 0 saturated carbocycles. The summed E-state index contributed by atoms with van der Waals surface area (Å²) >= 11 is 0. The van der Waals surface area contributed by atoms with E-state index in [0.717, 1.165) is 11.3 Å². The lowest BCUT2D eigenvalue weighted by molar-refractivity contribution is -0.118. The molecule has 0 aromatic heterocycles. The molecule has 3 amide bonds. The van der Waals surface area contributed by atoms with Crippen LogP contribution < -0.4 is 16.0 Å². The van der Waals surface area contributed by atoms with Crippen molar-refractivity contribution in [3.63, 3.8) is 0 Å². The SMILES string of the molecule is CCC(=O)Cc1ccccc1NC(=O)CC.CCC(=O)Nc1cccc(NC(=O)CC)c1. The van der Waals surface area contributed by atoms with Crippen molar-refractivity contribution in [3.8, 4) is 0 Å². The van der Waals surface area contributed by atoms with Gasteiger partial charge in [-0.05, 0) is 29.8 Å². The Balaban J connectivity index is 0.000000320. The highest BCUT2D eigenvalue weighted by Gasteiger charge is 2.08. The first-order chi connectivity index (χ1) is 15.3. The van der Waals surface area contributed by atoms with Gasteiger partial charge in [0.15, 0.2) is 0 Å². The van der Waals surface area contributed by atoms with E-state index in [2.05, 4.69) is 16.0 Å². The summed E-state index contributed by atoms with van der Waals surface area (Å²) in [5, 5.41) is 8.26. The molecule has 0 bridgehead atoms. The molecular formula is C25H33N3O4. The number of nitrogens with one attached hydrogen (secondary N) is 3. The molecule has 7 nitrogen and oxygen atoms in total. The second-order valence-corrected chi connectivity index (χ2v) is 7.01. The minimum absolute atomic E-state index is 0.0311. The molecule has 2 rings (SSSR count). The normalized spacial score (nSPS) is 9.75. The second kappa shape index (κ2) is 14.5. The molecule has 0 spiro atoms. The maximum atomic E-state index is 11.4. The number of carbonyl (C=O) groups is 4. The first kappa shape index (κ1) is 26.6. The Kier molecular flexibility index (Phi) is 12.0. The van der Waals surface area contributed by atoms with E-state index in [9.17, 15) is 19.2 Å². The highest BCUT2D eigenvalue weighted by atomic mass is 16.2. The third kappa shape index (κ3) is 10.0. The van der Waals surface area contributed by atoms with Gasteiger partial charge in [-0.15, -0.1) is 0 Å². The minimum Gasteiger partial charge on any atom is -0.326 e. The fourth-order valence-electron chi connectivity index (χ4n) is 2.55. The van der Waals surface area contributed by atoms with Gasteiger partial charge in [-0.3, -0.25) is 19.2 Å². The van der Waals surface area contributed by atoms with Crippen molar-refractivity contribution >= 4 is 40.6 Å².